The van der Waals surface area contributed by atoms with Gasteiger partial charge in [0, 0.05) is 22.7 Å². The topological polar surface area (TPSA) is 56.0 Å². The number of carbonyl (C=O) groups excluding carboxylic acids is 1. The molecule has 20 heavy (non-hydrogen) atoms. The number of carbonyl (C=O) groups is 1. The summed E-state index contributed by atoms with van der Waals surface area (Å²) >= 11 is 0. The van der Waals surface area contributed by atoms with Crippen LogP contribution in [0.1, 0.15) is 15.9 Å². The molecule has 2 aromatic carbocycles. The molecule has 4 heteroatoms. The van der Waals surface area contributed by atoms with Gasteiger partial charge in [0.05, 0.1) is 11.2 Å². The van der Waals surface area contributed by atoms with Crippen molar-refractivity contribution in [1.82, 2.24) is 4.98 Å². The van der Waals surface area contributed by atoms with E-state index in [0.29, 0.717) is 5.56 Å². The molecule has 0 atom stereocenters. The first kappa shape index (κ1) is 12.3. The lowest BCUT2D eigenvalue weighted by Gasteiger charge is -2.06. The predicted octanol–water partition coefficient (Wildman–Crippen LogP) is 3.19. The quantitative estimate of drug-likeness (QED) is 0.572. The molecule has 1 heterocycles. The Bertz CT molecular complexity index is 809. The van der Waals surface area contributed by atoms with Crippen LogP contribution in [0.4, 0.5) is 10.1 Å². The van der Waals surface area contributed by atoms with Gasteiger partial charge in [0.15, 0.2) is 5.78 Å². The van der Waals surface area contributed by atoms with Crippen LogP contribution in [-0.2, 0) is 0 Å². The fraction of sp³-hybridized carbons (Fsp3) is 0. The smallest absolute Gasteiger partial charge is 0.193 e. The van der Waals surface area contributed by atoms with Crippen molar-refractivity contribution in [2.75, 3.05) is 5.73 Å². The van der Waals surface area contributed by atoms with Gasteiger partial charge in [-0.3, -0.25) is 9.78 Å². The highest BCUT2D eigenvalue weighted by atomic mass is 19.1. The number of ketones is 1. The van der Waals surface area contributed by atoms with E-state index < -0.39 is 5.82 Å². The van der Waals surface area contributed by atoms with Crippen LogP contribution in [0.3, 0.4) is 0 Å². The summed E-state index contributed by atoms with van der Waals surface area (Å²) in [4.78, 5) is 16.7. The third-order valence-electron chi connectivity index (χ3n) is 3.15. The molecule has 1 aromatic heterocycles. The molecule has 0 aliphatic heterocycles. The summed E-state index contributed by atoms with van der Waals surface area (Å²) < 4.78 is 13.5. The van der Waals surface area contributed by atoms with Gasteiger partial charge in [0.2, 0.25) is 0 Å². The van der Waals surface area contributed by atoms with Crippen molar-refractivity contribution in [1.29, 1.82) is 0 Å². The number of nitrogen functional groups attached to an aromatic ring is 1. The second-order valence-electron chi connectivity index (χ2n) is 4.44. The van der Waals surface area contributed by atoms with E-state index in [9.17, 15) is 9.18 Å². The van der Waals surface area contributed by atoms with Gasteiger partial charge >= 0.3 is 0 Å². The maximum absolute atomic E-state index is 13.5. The Hall–Kier alpha value is -2.75. The standard InChI is InChI=1S/C16H11FN2O/c17-13-9-10(6-7-14(13)18)16(20)12-3-1-5-15-11(12)4-2-8-19-15/h1-9H,18H2. The highest BCUT2D eigenvalue weighted by Gasteiger charge is 2.14. The number of fused-ring (bicyclic) bond motifs is 1. The second-order valence-corrected chi connectivity index (χ2v) is 4.44. The summed E-state index contributed by atoms with van der Waals surface area (Å²) in [5.41, 5.74) is 6.95. The number of nitrogens with two attached hydrogens (primary N) is 1. The first-order valence-electron chi connectivity index (χ1n) is 6.10. The highest BCUT2D eigenvalue weighted by Crippen LogP contribution is 2.21. The van der Waals surface area contributed by atoms with Crippen LogP contribution in [0.2, 0.25) is 0 Å². The van der Waals surface area contributed by atoms with Gasteiger partial charge in [-0.2, -0.15) is 0 Å². The van der Waals surface area contributed by atoms with Crippen LogP contribution >= 0.6 is 0 Å². The van der Waals surface area contributed by atoms with E-state index in [2.05, 4.69) is 4.98 Å². The Morgan fingerprint density at radius 3 is 2.75 bits per heavy atom. The summed E-state index contributed by atoms with van der Waals surface area (Å²) in [6.45, 7) is 0. The lowest BCUT2D eigenvalue weighted by atomic mass is 9.99. The molecule has 0 bridgehead atoms. The zero-order valence-corrected chi connectivity index (χ0v) is 10.5. The monoisotopic (exact) mass is 266 g/mol. The molecule has 0 amide bonds. The average Bonchev–Trinajstić information content (AvgIpc) is 2.49. The number of hydrogen-bond acceptors (Lipinski definition) is 3. The van der Waals surface area contributed by atoms with Gasteiger partial charge in [-0.05, 0) is 30.3 Å². The lowest BCUT2D eigenvalue weighted by Crippen LogP contribution is -2.04. The van der Waals surface area contributed by atoms with E-state index in [1.807, 2.05) is 12.1 Å². The van der Waals surface area contributed by atoms with Crippen LogP contribution in [0.15, 0.2) is 54.7 Å². The van der Waals surface area contributed by atoms with Gasteiger partial charge in [0.1, 0.15) is 5.82 Å². The molecule has 3 aromatic rings. The fourth-order valence-electron chi connectivity index (χ4n) is 2.13. The minimum atomic E-state index is -0.589. The Morgan fingerprint density at radius 1 is 1.10 bits per heavy atom. The molecule has 0 spiro atoms. The largest absolute Gasteiger partial charge is 0.396 e. The van der Waals surface area contributed by atoms with Crippen molar-refractivity contribution < 1.29 is 9.18 Å². The zero-order chi connectivity index (χ0) is 14.1. The number of nitrogens with zero attached hydrogens (tertiary/aromatic N) is 1. The second kappa shape index (κ2) is 4.74. The van der Waals surface area contributed by atoms with Crippen LogP contribution < -0.4 is 5.73 Å². The molecule has 0 saturated heterocycles. The molecule has 0 aliphatic carbocycles. The van der Waals surface area contributed by atoms with E-state index in [1.165, 1.54) is 12.1 Å². The minimum absolute atomic E-state index is 0.0288. The van der Waals surface area contributed by atoms with E-state index in [1.54, 1.807) is 24.4 Å². The number of rotatable bonds is 2. The molecule has 0 radical (unpaired) electrons. The summed E-state index contributed by atoms with van der Waals surface area (Å²) in [6.07, 6.45) is 1.67. The number of aromatic nitrogens is 1. The van der Waals surface area contributed by atoms with E-state index >= 15 is 0 Å². The molecule has 0 unspecified atom stereocenters. The van der Waals surface area contributed by atoms with Crippen LogP contribution in [0.5, 0.6) is 0 Å². The zero-order valence-electron chi connectivity index (χ0n) is 10.5. The van der Waals surface area contributed by atoms with Crippen LogP contribution in [0.25, 0.3) is 10.9 Å². The molecule has 3 rings (SSSR count). The number of anilines is 1. The molecule has 3 nitrogen and oxygen atoms in total. The van der Waals surface area contributed by atoms with Crippen molar-refractivity contribution in [3.05, 3.63) is 71.7 Å². The Balaban J connectivity index is 2.15. The Morgan fingerprint density at radius 2 is 1.95 bits per heavy atom. The van der Waals surface area contributed by atoms with Gasteiger partial charge in [-0.15, -0.1) is 0 Å². The van der Waals surface area contributed by atoms with E-state index in [0.717, 1.165) is 17.0 Å². The first-order chi connectivity index (χ1) is 9.66. The third-order valence-corrected chi connectivity index (χ3v) is 3.15. The minimum Gasteiger partial charge on any atom is -0.396 e. The molecule has 0 saturated carbocycles. The summed E-state index contributed by atoms with van der Waals surface area (Å²) in [5.74, 6) is -0.836. The van der Waals surface area contributed by atoms with Gasteiger partial charge < -0.3 is 5.73 Å². The summed E-state index contributed by atoms with van der Waals surface area (Å²) in [6, 6.07) is 13.0. The van der Waals surface area contributed by atoms with Crippen molar-refractivity contribution in [3.63, 3.8) is 0 Å². The molecule has 0 aliphatic rings. The molecule has 98 valence electrons. The van der Waals surface area contributed by atoms with Gasteiger partial charge in [0.25, 0.3) is 0 Å². The third kappa shape index (κ3) is 2.01. The van der Waals surface area contributed by atoms with Gasteiger partial charge in [-0.25, -0.2) is 4.39 Å². The number of hydrogen-bond donors (Lipinski definition) is 1. The summed E-state index contributed by atoms with van der Waals surface area (Å²) in [7, 11) is 0. The van der Waals surface area contributed by atoms with E-state index in [4.69, 9.17) is 5.73 Å². The first-order valence-corrected chi connectivity index (χ1v) is 6.10. The highest BCUT2D eigenvalue weighted by molar-refractivity contribution is 6.16. The van der Waals surface area contributed by atoms with E-state index in [-0.39, 0.29) is 17.0 Å². The molecule has 2 N–H and O–H groups in total. The number of benzene rings is 2. The lowest BCUT2D eigenvalue weighted by molar-refractivity contribution is 0.104. The van der Waals surface area contributed by atoms with Crippen molar-refractivity contribution in [2.45, 2.75) is 0 Å². The maximum Gasteiger partial charge on any atom is 0.193 e. The van der Waals surface area contributed by atoms with Crippen molar-refractivity contribution in [3.8, 4) is 0 Å². The Kier molecular flexibility index (Phi) is 2.91. The van der Waals surface area contributed by atoms with Crippen molar-refractivity contribution in [2.24, 2.45) is 0 Å². The average molecular weight is 266 g/mol. The van der Waals surface area contributed by atoms with Crippen molar-refractivity contribution >= 4 is 22.4 Å². The van der Waals surface area contributed by atoms with Crippen LogP contribution in [-0.4, -0.2) is 10.8 Å². The SMILES string of the molecule is Nc1ccc(C(=O)c2cccc3ncccc23)cc1F. The number of halogens is 1. The number of pyridine rings is 1. The maximum atomic E-state index is 13.5. The molecular formula is C16H11FN2O. The fourth-order valence-corrected chi connectivity index (χ4v) is 2.13. The summed E-state index contributed by atoms with van der Waals surface area (Å²) in [5, 5.41) is 0.747. The Labute approximate surface area is 114 Å². The molecule has 0 fully saturated rings. The predicted molar refractivity (Wildman–Crippen MR) is 76.0 cm³/mol. The normalized spacial score (nSPS) is 10.7. The molecular weight excluding hydrogens is 255 g/mol. The van der Waals surface area contributed by atoms with Crippen LogP contribution in [0, 0.1) is 5.82 Å². The van der Waals surface area contributed by atoms with Gasteiger partial charge in [-0.1, -0.05) is 18.2 Å².